The third-order valence-corrected chi connectivity index (χ3v) is 4.27. The number of nitrogens with zero attached hydrogens (tertiary/aromatic N) is 1. The van der Waals surface area contributed by atoms with Crippen molar-refractivity contribution >= 4 is 15.9 Å². The van der Waals surface area contributed by atoms with Gasteiger partial charge in [-0.3, -0.25) is 4.90 Å². The van der Waals surface area contributed by atoms with Crippen LogP contribution in [0.3, 0.4) is 0 Å². The SMILES string of the molecule is CC1CCNC(C)(C)CN1Cc1ccc(Br)cc1F. The van der Waals surface area contributed by atoms with Crippen molar-refractivity contribution in [3.63, 3.8) is 0 Å². The van der Waals surface area contributed by atoms with Crippen molar-refractivity contribution in [2.45, 2.75) is 45.3 Å². The molecular formula is C15H22BrFN2. The Morgan fingerprint density at radius 1 is 1.47 bits per heavy atom. The molecule has 2 nitrogen and oxygen atoms in total. The topological polar surface area (TPSA) is 15.3 Å². The fourth-order valence-electron chi connectivity index (χ4n) is 2.60. The Labute approximate surface area is 123 Å². The van der Waals surface area contributed by atoms with E-state index in [1.807, 2.05) is 12.1 Å². The van der Waals surface area contributed by atoms with Crippen LogP contribution in [0.5, 0.6) is 0 Å². The van der Waals surface area contributed by atoms with E-state index in [4.69, 9.17) is 0 Å². The van der Waals surface area contributed by atoms with Crippen LogP contribution >= 0.6 is 15.9 Å². The first kappa shape index (κ1) is 14.9. The predicted octanol–water partition coefficient (Wildman–Crippen LogP) is 3.55. The second-order valence-corrected chi connectivity index (χ2v) is 7.00. The summed E-state index contributed by atoms with van der Waals surface area (Å²) in [6, 6.07) is 5.79. The van der Waals surface area contributed by atoms with Gasteiger partial charge in [-0.1, -0.05) is 22.0 Å². The minimum absolute atomic E-state index is 0.0800. The molecule has 0 aliphatic carbocycles. The molecule has 1 aliphatic heterocycles. The first-order chi connectivity index (χ1) is 8.87. The quantitative estimate of drug-likeness (QED) is 0.893. The van der Waals surface area contributed by atoms with Crippen LogP contribution in [0.25, 0.3) is 0 Å². The second-order valence-electron chi connectivity index (χ2n) is 6.09. The fraction of sp³-hybridized carbons (Fsp3) is 0.600. The van der Waals surface area contributed by atoms with Gasteiger partial charge in [0.1, 0.15) is 5.82 Å². The standard InChI is InChI=1S/C15H22BrFN2/c1-11-6-7-18-15(2,3)10-19(11)9-12-4-5-13(16)8-14(12)17/h4-5,8,11,18H,6-7,9-10H2,1-3H3. The zero-order chi connectivity index (χ0) is 14.0. The van der Waals surface area contributed by atoms with Gasteiger partial charge in [-0.2, -0.15) is 0 Å². The van der Waals surface area contributed by atoms with Crippen molar-refractivity contribution in [2.75, 3.05) is 13.1 Å². The number of nitrogens with one attached hydrogen (secondary N) is 1. The van der Waals surface area contributed by atoms with Crippen molar-refractivity contribution in [2.24, 2.45) is 0 Å². The largest absolute Gasteiger partial charge is 0.310 e. The lowest BCUT2D eigenvalue weighted by Gasteiger charge is -2.33. The van der Waals surface area contributed by atoms with Gasteiger partial charge >= 0.3 is 0 Å². The minimum Gasteiger partial charge on any atom is -0.310 e. The van der Waals surface area contributed by atoms with Crippen LogP contribution in [0, 0.1) is 5.82 Å². The molecule has 1 atom stereocenters. The molecular weight excluding hydrogens is 307 g/mol. The lowest BCUT2D eigenvalue weighted by atomic mass is 10.0. The maximum Gasteiger partial charge on any atom is 0.128 e. The van der Waals surface area contributed by atoms with Gasteiger partial charge in [0.05, 0.1) is 0 Å². The van der Waals surface area contributed by atoms with Gasteiger partial charge in [-0.25, -0.2) is 4.39 Å². The van der Waals surface area contributed by atoms with Gasteiger partial charge in [0, 0.05) is 34.7 Å². The molecule has 0 spiro atoms. The maximum atomic E-state index is 14.0. The zero-order valence-corrected chi connectivity index (χ0v) is 13.4. The number of rotatable bonds is 2. The highest BCUT2D eigenvalue weighted by atomic mass is 79.9. The van der Waals surface area contributed by atoms with Gasteiger partial charge in [-0.15, -0.1) is 0 Å². The molecule has 1 saturated heterocycles. The monoisotopic (exact) mass is 328 g/mol. The molecule has 1 fully saturated rings. The fourth-order valence-corrected chi connectivity index (χ4v) is 2.94. The summed E-state index contributed by atoms with van der Waals surface area (Å²) < 4.78 is 14.7. The van der Waals surface area contributed by atoms with Crippen molar-refractivity contribution in [1.29, 1.82) is 0 Å². The average Bonchev–Trinajstić information content (AvgIpc) is 2.42. The highest BCUT2D eigenvalue weighted by molar-refractivity contribution is 9.10. The number of benzene rings is 1. The molecule has 106 valence electrons. The van der Waals surface area contributed by atoms with Gasteiger partial charge in [0.25, 0.3) is 0 Å². The van der Waals surface area contributed by atoms with E-state index in [9.17, 15) is 4.39 Å². The molecule has 1 unspecified atom stereocenters. The Kier molecular flexibility index (Phi) is 4.64. The van der Waals surface area contributed by atoms with E-state index in [0.717, 1.165) is 29.5 Å². The van der Waals surface area contributed by atoms with E-state index < -0.39 is 0 Å². The lowest BCUT2D eigenvalue weighted by Crippen LogP contribution is -2.47. The summed E-state index contributed by atoms with van der Waals surface area (Å²) in [7, 11) is 0. The normalized spacial score (nSPS) is 24.2. The van der Waals surface area contributed by atoms with Gasteiger partial charge in [-0.05, 0) is 45.9 Å². The van der Waals surface area contributed by atoms with E-state index in [0.29, 0.717) is 12.6 Å². The van der Waals surface area contributed by atoms with Crippen LogP contribution in [0.2, 0.25) is 0 Å². The summed E-state index contributed by atoms with van der Waals surface area (Å²) in [4.78, 5) is 2.37. The second kappa shape index (κ2) is 5.90. The first-order valence-corrected chi connectivity index (χ1v) is 7.60. The number of hydrogen-bond donors (Lipinski definition) is 1. The summed E-state index contributed by atoms with van der Waals surface area (Å²) in [5, 5.41) is 3.55. The molecule has 0 saturated carbocycles. The highest BCUT2D eigenvalue weighted by Crippen LogP contribution is 2.21. The van der Waals surface area contributed by atoms with Crippen LogP contribution in [-0.4, -0.2) is 29.6 Å². The van der Waals surface area contributed by atoms with Crippen LogP contribution in [0.1, 0.15) is 32.8 Å². The van der Waals surface area contributed by atoms with E-state index >= 15 is 0 Å². The number of halogens is 2. The zero-order valence-electron chi connectivity index (χ0n) is 11.8. The Morgan fingerprint density at radius 2 is 2.21 bits per heavy atom. The molecule has 19 heavy (non-hydrogen) atoms. The molecule has 0 radical (unpaired) electrons. The molecule has 0 aromatic heterocycles. The molecule has 0 bridgehead atoms. The Bertz CT molecular complexity index is 448. The predicted molar refractivity (Wildman–Crippen MR) is 80.7 cm³/mol. The van der Waals surface area contributed by atoms with Crippen LogP contribution in [0.15, 0.2) is 22.7 Å². The lowest BCUT2D eigenvalue weighted by molar-refractivity contribution is 0.171. The Hall–Kier alpha value is -0.450. The number of hydrogen-bond acceptors (Lipinski definition) is 2. The average molecular weight is 329 g/mol. The van der Waals surface area contributed by atoms with E-state index in [-0.39, 0.29) is 11.4 Å². The third-order valence-electron chi connectivity index (χ3n) is 3.78. The van der Waals surface area contributed by atoms with E-state index in [1.54, 1.807) is 6.07 Å². The first-order valence-electron chi connectivity index (χ1n) is 6.80. The summed E-state index contributed by atoms with van der Waals surface area (Å²) in [5.41, 5.74) is 0.851. The Morgan fingerprint density at radius 3 is 2.89 bits per heavy atom. The van der Waals surface area contributed by atoms with Gasteiger partial charge < -0.3 is 5.32 Å². The molecule has 0 amide bonds. The summed E-state index contributed by atoms with van der Waals surface area (Å²) in [5.74, 6) is -0.128. The van der Waals surface area contributed by atoms with Crippen LogP contribution in [-0.2, 0) is 6.54 Å². The van der Waals surface area contributed by atoms with Gasteiger partial charge in [0.2, 0.25) is 0 Å². The van der Waals surface area contributed by atoms with E-state index in [1.165, 1.54) is 0 Å². The van der Waals surface area contributed by atoms with Crippen molar-refractivity contribution in [3.05, 3.63) is 34.1 Å². The Balaban J connectivity index is 2.15. The highest BCUT2D eigenvalue weighted by Gasteiger charge is 2.28. The van der Waals surface area contributed by atoms with Crippen molar-refractivity contribution < 1.29 is 4.39 Å². The van der Waals surface area contributed by atoms with Crippen LogP contribution < -0.4 is 5.32 Å². The smallest absolute Gasteiger partial charge is 0.128 e. The maximum absolute atomic E-state index is 14.0. The molecule has 1 aromatic carbocycles. The van der Waals surface area contributed by atoms with Crippen molar-refractivity contribution in [3.8, 4) is 0 Å². The molecule has 1 aliphatic rings. The summed E-state index contributed by atoms with van der Waals surface area (Å²) in [6.45, 7) is 9.26. The van der Waals surface area contributed by atoms with E-state index in [2.05, 4.69) is 46.9 Å². The van der Waals surface area contributed by atoms with Crippen LogP contribution in [0.4, 0.5) is 4.39 Å². The molecule has 4 heteroatoms. The summed E-state index contributed by atoms with van der Waals surface area (Å²) >= 11 is 3.30. The van der Waals surface area contributed by atoms with Crippen molar-refractivity contribution in [1.82, 2.24) is 10.2 Å². The third kappa shape index (κ3) is 4.01. The minimum atomic E-state index is -0.128. The van der Waals surface area contributed by atoms with Gasteiger partial charge in [0.15, 0.2) is 0 Å². The molecule has 1 aromatic rings. The summed E-state index contributed by atoms with van der Waals surface area (Å²) in [6.07, 6.45) is 1.10. The molecule has 1 heterocycles. The molecule has 2 rings (SSSR count). The molecule has 1 N–H and O–H groups in total.